The number of ether oxygens (including phenoxy) is 2. The first kappa shape index (κ1) is 17.5. The highest BCUT2D eigenvalue weighted by atomic mass is 16.5. The van der Waals surface area contributed by atoms with Crippen molar-refractivity contribution in [1.29, 1.82) is 0 Å². The molecule has 0 fully saturated rings. The van der Waals surface area contributed by atoms with Crippen molar-refractivity contribution in [1.82, 2.24) is 0 Å². The third-order valence-electron chi connectivity index (χ3n) is 3.19. The fourth-order valence-electron chi connectivity index (χ4n) is 1.51. The van der Waals surface area contributed by atoms with Gasteiger partial charge in [0.2, 0.25) is 0 Å². The molecule has 3 nitrogen and oxygen atoms in total. The third-order valence-corrected chi connectivity index (χ3v) is 3.19. The second kappa shape index (κ2) is 9.45. The molecular weight excluding hydrogens is 238 g/mol. The van der Waals surface area contributed by atoms with Gasteiger partial charge in [0.05, 0.1) is 7.11 Å². The van der Waals surface area contributed by atoms with E-state index in [9.17, 15) is 0 Å². The highest BCUT2D eigenvalue weighted by Gasteiger charge is 2.11. The van der Waals surface area contributed by atoms with Crippen LogP contribution in [0.2, 0.25) is 0 Å². The Labute approximate surface area is 117 Å². The first-order chi connectivity index (χ1) is 9.01. The summed E-state index contributed by atoms with van der Waals surface area (Å²) in [7, 11) is 1.58. The average Bonchev–Trinajstić information content (AvgIpc) is 2.43. The summed E-state index contributed by atoms with van der Waals surface area (Å²) in [6, 6.07) is 0. The molecule has 0 aliphatic heterocycles. The van der Waals surface area contributed by atoms with Crippen molar-refractivity contribution in [2.24, 2.45) is 11.7 Å². The monoisotopic (exact) mass is 265 g/mol. The molecule has 0 aromatic heterocycles. The van der Waals surface area contributed by atoms with E-state index in [2.05, 4.69) is 33.9 Å². The lowest BCUT2D eigenvalue weighted by atomic mass is 9.98. The van der Waals surface area contributed by atoms with Crippen LogP contribution in [0.1, 0.15) is 27.2 Å². The number of allylic oxidation sites excluding steroid dienone is 2. The standard InChI is InChI=1S/C16H27NO2/c1-7-9-19-16(10-13(4)12(3)8-2)15(11-17)14(5)18-6/h7,10,12H,1,5,8-9,11,17H2,2-4,6H3. The highest BCUT2D eigenvalue weighted by Crippen LogP contribution is 2.21. The predicted molar refractivity (Wildman–Crippen MR) is 81.6 cm³/mol. The molecule has 0 aromatic carbocycles. The Kier molecular flexibility index (Phi) is 8.71. The Balaban J connectivity index is 5.45. The van der Waals surface area contributed by atoms with E-state index < -0.39 is 0 Å². The van der Waals surface area contributed by atoms with Gasteiger partial charge in [-0.25, -0.2) is 0 Å². The van der Waals surface area contributed by atoms with Gasteiger partial charge in [-0.05, 0) is 25.3 Å². The van der Waals surface area contributed by atoms with Crippen molar-refractivity contribution < 1.29 is 9.47 Å². The van der Waals surface area contributed by atoms with Crippen LogP contribution in [0.25, 0.3) is 0 Å². The average molecular weight is 265 g/mol. The summed E-state index contributed by atoms with van der Waals surface area (Å²) in [5.74, 6) is 1.75. The van der Waals surface area contributed by atoms with E-state index in [1.54, 1.807) is 13.2 Å². The van der Waals surface area contributed by atoms with E-state index in [0.717, 1.165) is 12.0 Å². The Hall–Kier alpha value is -1.48. The van der Waals surface area contributed by atoms with Crippen LogP contribution >= 0.6 is 0 Å². The molecule has 0 spiro atoms. The summed E-state index contributed by atoms with van der Waals surface area (Å²) in [5, 5.41) is 0. The third kappa shape index (κ3) is 5.79. The Morgan fingerprint density at radius 3 is 2.47 bits per heavy atom. The van der Waals surface area contributed by atoms with Crippen LogP contribution in [0.5, 0.6) is 0 Å². The normalized spacial score (nSPS) is 14.5. The molecule has 0 bridgehead atoms. The number of nitrogens with two attached hydrogens (primary N) is 1. The van der Waals surface area contributed by atoms with Crippen LogP contribution in [-0.4, -0.2) is 20.3 Å². The van der Waals surface area contributed by atoms with E-state index in [-0.39, 0.29) is 0 Å². The second-order valence-electron chi connectivity index (χ2n) is 4.47. The molecule has 0 saturated carbocycles. The smallest absolute Gasteiger partial charge is 0.127 e. The van der Waals surface area contributed by atoms with Crippen molar-refractivity contribution in [3.05, 3.63) is 48.0 Å². The van der Waals surface area contributed by atoms with Crippen molar-refractivity contribution in [3.63, 3.8) is 0 Å². The Morgan fingerprint density at radius 2 is 2.05 bits per heavy atom. The van der Waals surface area contributed by atoms with Crippen molar-refractivity contribution in [3.8, 4) is 0 Å². The van der Waals surface area contributed by atoms with Gasteiger partial charge in [-0.2, -0.15) is 0 Å². The SMILES string of the molecule is C=CCOC(C=C(C)C(C)CC)=C(CN)C(=C)OC. The van der Waals surface area contributed by atoms with Gasteiger partial charge in [0.1, 0.15) is 18.1 Å². The molecule has 2 N–H and O–H groups in total. The molecule has 0 saturated heterocycles. The van der Waals surface area contributed by atoms with E-state index in [1.807, 2.05) is 6.08 Å². The van der Waals surface area contributed by atoms with Crippen LogP contribution in [-0.2, 0) is 9.47 Å². The molecule has 0 aliphatic carbocycles. The number of methoxy groups -OCH3 is 1. The molecule has 0 aromatic rings. The fourth-order valence-corrected chi connectivity index (χ4v) is 1.51. The van der Waals surface area contributed by atoms with Gasteiger partial charge in [-0.1, -0.05) is 38.7 Å². The lowest BCUT2D eigenvalue weighted by Gasteiger charge is -2.16. The van der Waals surface area contributed by atoms with Crippen molar-refractivity contribution >= 4 is 0 Å². The molecular formula is C16H27NO2. The van der Waals surface area contributed by atoms with E-state index in [4.69, 9.17) is 15.2 Å². The molecule has 1 unspecified atom stereocenters. The summed E-state index contributed by atoms with van der Waals surface area (Å²) in [4.78, 5) is 0. The van der Waals surface area contributed by atoms with E-state index in [0.29, 0.717) is 30.6 Å². The number of hydrogen-bond donors (Lipinski definition) is 1. The lowest BCUT2D eigenvalue weighted by molar-refractivity contribution is 0.247. The van der Waals surface area contributed by atoms with Crippen LogP contribution in [0.4, 0.5) is 0 Å². The van der Waals surface area contributed by atoms with Gasteiger partial charge in [0.25, 0.3) is 0 Å². The summed E-state index contributed by atoms with van der Waals surface area (Å²) in [5.41, 5.74) is 7.80. The predicted octanol–water partition coefficient (Wildman–Crippen LogP) is 3.55. The molecule has 108 valence electrons. The molecule has 0 aliphatic rings. The molecule has 0 rings (SSSR count). The summed E-state index contributed by atoms with van der Waals surface area (Å²) in [6.07, 6.45) is 4.81. The molecule has 1 atom stereocenters. The van der Waals surface area contributed by atoms with Gasteiger partial charge in [0.15, 0.2) is 0 Å². The first-order valence-corrected chi connectivity index (χ1v) is 6.60. The van der Waals surface area contributed by atoms with Crippen LogP contribution < -0.4 is 5.73 Å². The topological polar surface area (TPSA) is 44.5 Å². The Morgan fingerprint density at radius 1 is 1.42 bits per heavy atom. The van der Waals surface area contributed by atoms with Gasteiger partial charge >= 0.3 is 0 Å². The maximum absolute atomic E-state index is 5.77. The van der Waals surface area contributed by atoms with Gasteiger partial charge in [-0.15, -0.1) is 0 Å². The van der Waals surface area contributed by atoms with Crippen molar-refractivity contribution in [2.75, 3.05) is 20.3 Å². The molecule has 3 heteroatoms. The Bertz CT molecular complexity index is 367. The summed E-state index contributed by atoms with van der Waals surface area (Å²) < 4.78 is 10.9. The molecule has 19 heavy (non-hydrogen) atoms. The summed E-state index contributed by atoms with van der Waals surface area (Å²) in [6.45, 7) is 14.7. The largest absolute Gasteiger partial charge is 0.497 e. The minimum atomic E-state index is 0.323. The van der Waals surface area contributed by atoms with Crippen LogP contribution in [0, 0.1) is 5.92 Å². The van der Waals surface area contributed by atoms with E-state index in [1.165, 1.54) is 5.57 Å². The first-order valence-electron chi connectivity index (χ1n) is 6.60. The number of rotatable bonds is 9. The fraction of sp³-hybridized carbons (Fsp3) is 0.500. The highest BCUT2D eigenvalue weighted by molar-refractivity contribution is 5.35. The van der Waals surface area contributed by atoms with E-state index >= 15 is 0 Å². The minimum Gasteiger partial charge on any atom is -0.497 e. The molecule has 0 heterocycles. The zero-order valence-corrected chi connectivity index (χ0v) is 12.7. The zero-order valence-electron chi connectivity index (χ0n) is 12.7. The second-order valence-corrected chi connectivity index (χ2v) is 4.47. The molecule has 0 amide bonds. The maximum Gasteiger partial charge on any atom is 0.127 e. The maximum atomic E-state index is 5.77. The van der Waals surface area contributed by atoms with Crippen LogP contribution in [0.3, 0.4) is 0 Å². The van der Waals surface area contributed by atoms with Crippen LogP contribution in [0.15, 0.2) is 48.0 Å². The van der Waals surface area contributed by atoms with Gasteiger partial charge < -0.3 is 15.2 Å². The summed E-state index contributed by atoms with van der Waals surface area (Å²) >= 11 is 0. The quantitative estimate of drug-likeness (QED) is 0.394. The van der Waals surface area contributed by atoms with Gasteiger partial charge in [0, 0.05) is 12.1 Å². The number of hydrogen-bond acceptors (Lipinski definition) is 3. The zero-order chi connectivity index (χ0) is 14.8. The minimum absolute atomic E-state index is 0.323. The molecule has 0 radical (unpaired) electrons. The van der Waals surface area contributed by atoms with Gasteiger partial charge in [-0.3, -0.25) is 0 Å². The van der Waals surface area contributed by atoms with Crippen molar-refractivity contribution in [2.45, 2.75) is 27.2 Å². The lowest BCUT2D eigenvalue weighted by Crippen LogP contribution is -2.11.